The Morgan fingerprint density at radius 3 is 2.53 bits per heavy atom. The van der Waals surface area contributed by atoms with Crippen molar-refractivity contribution in [2.45, 2.75) is 25.8 Å². The van der Waals surface area contributed by atoms with Crippen molar-refractivity contribution in [1.82, 2.24) is 0 Å². The minimum atomic E-state index is -0.242. The van der Waals surface area contributed by atoms with E-state index in [0.29, 0.717) is 13.0 Å². The second kappa shape index (κ2) is 6.91. The van der Waals surface area contributed by atoms with Crippen LogP contribution in [0.15, 0.2) is 24.3 Å². The molecule has 4 nitrogen and oxygen atoms in total. The first-order valence-corrected chi connectivity index (χ1v) is 5.69. The Morgan fingerprint density at radius 2 is 2.00 bits per heavy atom. The molecule has 1 rings (SSSR count). The van der Waals surface area contributed by atoms with Gasteiger partial charge in [-0.1, -0.05) is 12.1 Å². The lowest BCUT2D eigenvalue weighted by molar-refractivity contribution is -0.143. The van der Waals surface area contributed by atoms with Gasteiger partial charge in [0.1, 0.15) is 5.75 Å². The van der Waals surface area contributed by atoms with Crippen LogP contribution >= 0.6 is 0 Å². The lowest BCUT2D eigenvalue weighted by Crippen LogP contribution is -2.27. The molecule has 0 saturated heterocycles. The number of carbonyl (C=O) groups excluding carboxylic acids is 1. The van der Waals surface area contributed by atoms with Crippen LogP contribution in [0, 0.1) is 0 Å². The third kappa shape index (κ3) is 4.87. The summed E-state index contributed by atoms with van der Waals surface area (Å²) in [5.74, 6) is 0.571. The molecule has 1 aromatic carbocycles. The van der Waals surface area contributed by atoms with Crippen molar-refractivity contribution in [2.24, 2.45) is 5.73 Å². The smallest absolute Gasteiger partial charge is 0.307 e. The molecule has 17 heavy (non-hydrogen) atoms. The molecule has 0 amide bonds. The zero-order valence-electron chi connectivity index (χ0n) is 10.3. The summed E-state index contributed by atoms with van der Waals surface area (Å²) in [6, 6.07) is 7.45. The molecule has 1 atom stereocenters. The van der Waals surface area contributed by atoms with Gasteiger partial charge < -0.3 is 15.2 Å². The van der Waals surface area contributed by atoms with Crippen LogP contribution in [0.3, 0.4) is 0 Å². The van der Waals surface area contributed by atoms with Crippen LogP contribution in [-0.4, -0.2) is 25.7 Å². The minimum Gasteiger partial charge on any atom is -0.497 e. The number of benzene rings is 1. The van der Waals surface area contributed by atoms with Gasteiger partial charge in [0, 0.05) is 6.04 Å². The Morgan fingerprint density at radius 1 is 1.35 bits per heavy atom. The molecule has 0 aliphatic carbocycles. The van der Waals surface area contributed by atoms with E-state index < -0.39 is 0 Å². The van der Waals surface area contributed by atoms with Gasteiger partial charge in [0.2, 0.25) is 0 Å². The number of hydrogen-bond acceptors (Lipinski definition) is 4. The van der Waals surface area contributed by atoms with E-state index in [2.05, 4.69) is 0 Å². The summed E-state index contributed by atoms with van der Waals surface area (Å²) in [6.07, 6.45) is 0.905. The molecule has 2 N–H and O–H groups in total. The van der Waals surface area contributed by atoms with Gasteiger partial charge in [0.25, 0.3) is 0 Å². The van der Waals surface area contributed by atoms with Crippen LogP contribution in [0.1, 0.15) is 18.9 Å². The van der Waals surface area contributed by atoms with Gasteiger partial charge in [-0.15, -0.1) is 0 Å². The average Bonchev–Trinajstić information content (AvgIpc) is 2.30. The predicted octanol–water partition coefficient (Wildman–Crippen LogP) is 1.52. The summed E-state index contributed by atoms with van der Waals surface area (Å²) >= 11 is 0. The molecule has 0 aliphatic heterocycles. The fraction of sp³-hybridized carbons (Fsp3) is 0.462. The predicted molar refractivity (Wildman–Crippen MR) is 65.9 cm³/mol. The second-order valence-electron chi connectivity index (χ2n) is 3.82. The van der Waals surface area contributed by atoms with E-state index in [-0.39, 0.29) is 18.4 Å². The Kier molecular flexibility index (Phi) is 5.49. The van der Waals surface area contributed by atoms with Crippen LogP contribution in [0.5, 0.6) is 5.75 Å². The molecule has 4 heteroatoms. The van der Waals surface area contributed by atoms with Crippen molar-refractivity contribution in [3.05, 3.63) is 29.8 Å². The van der Waals surface area contributed by atoms with Crippen molar-refractivity contribution in [2.75, 3.05) is 13.7 Å². The van der Waals surface area contributed by atoms with E-state index in [1.165, 1.54) is 0 Å². The topological polar surface area (TPSA) is 61.5 Å². The molecule has 0 spiro atoms. The highest BCUT2D eigenvalue weighted by Crippen LogP contribution is 2.13. The number of carbonyl (C=O) groups is 1. The standard InChI is InChI=1S/C13H19NO3/c1-3-17-13(15)9-11(14)8-10-4-6-12(16-2)7-5-10/h4-7,11H,3,8-9,14H2,1-2H3. The third-order valence-electron chi connectivity index (χ3n) is 2.39. The van der Waals surface area contributed by atoms with E-state index >= 15 is 0 Å². The van der Waals surface area contributed by atoms with E-state index in [1.807, 2.05) is 24.3 Å². The number of hydrogen-bond donors (Lipinski definition) is 1. The number of ether oxygens (including phenoxy) is 2. The average molecular weight is 237 g/mol. The Balaban J connectivity index is 2.44. The fourth-order valence-corrected chi connectivity index (χ4v) is 1.57. The molecule has 94 valence electrons. The fourth-order valence-electron chi connectivity index (χ4n) is 1.57. The van der Waals surface area contributed by atoms with Gasteiger partial charge in [-0.3, -0.25) is 4.79 Å². The lowest BCUT2D eigenvalue weighted by atomic mass is 10.0. The van der Waals surface area contributed by atoms with E-state index in [9.17, 15) is 4.79 Å². The molecule has 0 fully saturated rings. The van der Waals surface area contributed by atoms with Crippen molar-refractivity contribution < 1.29 is 14.3 Å². The number of methoxy groups -OCH3 is 1. The lowest BCUT2D eigenvalue weighted by Gasteiger charge is -2.11. The number of rotatable bonds is 6. The van der Waals surface area contributed by atoms with Crippen LogP contribution in [-0.2, 0) is 16.0 Å². The van der Waals surface area contributed by atoms with Crippen LogP contribution in [0.2, 0.25) is 0 Å². The molecule has 0 aliphatic rings. The Labute approximate surface area is 102 Å². The summed E-state index contributed by atoms with van der Waals surface area (Å²) < 4.78 is 9.91. The maximum absolute atomic E-state index is 11.2. The molecule has 0 radical (unpaired) electrons. The van der Waals surface area contributed by atoms with Crippen molar-refractivity contribution >= 4 is 5.97 Å². The zero-order valence-corrected chi connectivity index (χ0v) is 10.3. The number of esters is 1. The van der Waals surface area contributed by atoms with Gasteiger partial charge in [-0.25, -0.2) is 0 Å². The first-order chi connectivity index (χ1) is 8.15. The first-order valence-electron chi connectivity index (χ1n) is 5.69. The SMILES string of the molecule is CCOC(=O)CC(N)Cc1ccc(OC)cc1. The van der Waals surface area contributed by atoms with Gasteiger partial charge >= 0.3 is 5.97 Å². The van der Waals surface area contributed by atoms with E-state index in [1.54, 1.807) is 14.0 Å². The first kappa shape index (κ1) is 13.5. The molecule has 0 bridgehead atoms. The van der Waals surface area contributed by atoms with Crippen LogP contribution in [0.25, 0.3) is 0 Å². The van der Waals surface area contributed by atoms with Crippen molar-refractivity contribution in [3.8, 4) is 5.75 Å². The minimum absolute atomic E-state index is 0.206. The summed E-state index contributed by atoms with van der Waals surface area (Å²) in [5.41, 5.74) is 6.96. The van der Waals surface area contributed by atoms with Gasteiger partial charge in [0.15, 0.2) is 0 Å². The van der Waals surface area contributed by atoms with Crippen LogP contribution in [0.4, 0.5) is 0 Å². The summed E-state index contributed by atoms with van der Waals surface area (Å²) in [5, 5.41) is 0. The van der Waals surface area contributed by atoms with Gasteiger partial charge in [-0.05, 0) is 31.0 Å². The molecule has 1 unspecified atom stereocenters. The maximum Gasteiger partial charge on any atom is 0.307 e. The monoisotopic (exact) mass is 237 g/mol. The van der Waals surface area contributed by atoms with Crippen LogP contribution < -0.4 is 10.5 Å². The van der Waals surface area contributed by atoms with E-state index in [4.69, 9.17) is 15.2 Å². The van der Waals surface area contributed by atoms with Crippen molar-refractivity contribution in [3.63, 3.8) is 0 Å². The van der Waals surface area contributed by atoms with Gasteiger partial charge in [0.05, 0.1) is 20.1 Å². The second-order valence-corrected chi connectivity index (χ2v) is 3.82. The summed E-state index contributed by atoms with van der Waals surface area (Å²) in [7, 11) is 1.63. The quantitative estimate of drug-likeness (QED) is 0.762. The Bertz CT molecular complexity index is 348. The zero-order chi connectivity index (χ0) is 12.7. The molecule has 1 aromatic rings. The molecular formula is C13H19NO3. The summed E-state index contributed by atoms with van der Waals surface area (Å²) in [6.45, 7) is 2.18. The summed E-state index contributed by atoms with van der Waals surface area (Å²) in [4.78, 5) is 11.2. The number of nitrogens with two attached hydrogens (primary N) is 1. The molecule has 0 heterocycles. The third-order valence-corrected chi connectivity index (χ3v) is 2.39. The largest absolute Gasteiger partial charge is 0.497 e. The highest BCUT2D eigenvalue weighted by molar-refractivity contribution is 5.70. The molecule has 0 aromatic heterocycles. The maximum atomic E-state index is 11.2. The Hall–Kier alpha value is -1.55. The normalized spacial score (nSPS) is 11.9. The van der Waals surface area contributed by atoms with Gasteiger partial charge in [-0.2, -0.15) is 0 Å². The molecule has 0 saturated carbocycles. The highest BCUT2D eigenvalue weighted by atomic mass is 16.5. The highest BCUT2D eigenvalue weighted by Gasteiger charge is 2.10. The van der Waals surface area contributed by atoms with E-state index in [0.717, 1.165) is 11.3 Å². The molecular weight excluding hydrogens is 218 g/mol. The van der Waals surface area contributed by atoms with Crippen molar-refractivity contribution in [1.29, 1.82) is 0 Å².